The largest absolute Gasteiger partial charge is 0.512 e. The molecule has 0 saturated carbocycles. The van der Waals surface area contributed by atoms with Gasteiger partial charge in [-0.1, -0.05) is 58.8 Å². The van der Waals surface area contributed by atoms with Crippen molar-refractivity contribution in [1.29, 1.82) is 0 Å². The van der Waals surface area contributed by atoms with Crippen molar-refractivity contribution in [3.8, 4) is 0 Å². The summed E-state index contributed by atoms with van der Waals surface area (Å²) in [7, 11) is 0. The number of ether oxygens (including phenoxy) is 1. The molecule has 0 rings (SSSR count). The Kier molecular flexibility index (Phi) is 12.9. The van der Waals surface area contributed by atoms with Gasteiger partial charge in [0.05, 0.1) is 6.10 Å². The third kappa shape index (κ3) is 11.6. The van der Waals surface area contributed by atoms with Gasteiger partial charge < -0.3 is 9.84 Å². The molecular weight excluding hydrogens is 212 g/mol. The van der Waals surface area contributed by atoms with Crippen LogP contribution in [-0.2, 0) is 4.74 Å². The van der Waals surface area contributed by atoms with Crippen LogP contribution in [0.3, 0.4) is 0 Å². The van der Waals surface area contributed by atoms with E-state index < -0.39 is 0 Å². The van der Waals surface area contributed by atoms with E-state index in [4.69, 9.17) is 9.84 Å². The molecule has 0 saturated heterocycles. The van der Waals surface area contributed by atoms with Gasteiger partial charge in [0.15, 0.2) is 0 Å². The van der Waals surface area contributed by atoms with E-state index in [2.05, 4.69) is 13.8 Å². The number of unbranched alkanes of at least 4 members (excludes halogenated alkanes) is 6. The van der Waals surface area contributed by atoms with Crippen LogP contribution in [0.5, 0.6) is 0 Å². The highest BCUT2D eigenvalue weighted by Gasteiger charge is 2.06. The second kappa shape index (κ2) is 13.4. The molecule has 0 aliphatic carbocycles. The first-order valence-corrected chi connectivity index (χ1v) is 7.29. The van der Waals surface area contributed by atoms with E-state index in [0.717, 1.165) is 25.5 Å². The van der Waals surface area contributed by atoms with E-state index in [1.807, 2.05) is 0 Å². The third-order valence-corrected chi connectivity index (χ3v) is 3.07. The lowest BCUT2D eigenvalue weighted by atomic mass is 10.0. The van der Waals surface area contributed by atoms with Crippen LogP contribution in [0.4, 0.5) is 0 Å². The van der Waals surface area contributed by atoms with Crippen molar-refractivity contribution in [1.82, 2.24) is 0 Å². The molecule has 1 atom stereocenters. The predicted octanol–water partition coefficient (Wildman–Crippen LogP) is 5.34. The van der Waals surface area contributed by atoms with Crippen LogP contribution in [0, 0.1) is 0 Å². The Labute approximate surface area is 107 Å². The molecule has 0 heterocycles. The lowest BCUT2D eigenvalue weighted by Gasteiger charge is -2.15. The van der Waals surface area contributed by atoms with E-state index in [-0.39, 0.29) is 0 Å². The minimum absolute atomic E-state index is 0.291. The minimum atomic E-state index is 0.291. The fourth-order valence-electron chi connectivity index (χ4n) is 2.08. The highest BCUT2D eigenvalue weighted by atomic mass is 16.5. The molecule has 0 spiro atoms. The summed E-state index contributed by atoms with van der Waals surface area (Å²) in [5.74, 6) is 0. The minimum Gasteiger partial charge on any atom is -0.512 e. The molecule has 2 heteroatoms. The van der Waals surface area contributed by atoms with Gasteiger partial charge in [-0.05, 0) is 19.3 Å². The summed E-state index contributed by atoms with van der Waals surface area (Å²) >= 11 is 0. The smallest absolute Gasteiger partial charge is 0.117 e. The van der Waals surface area contributed by atoms with Crippen molar-refractivity contribution in [3.63, 3.8) is 0 Å². The summed E-state index contributed by atoms with van der Waals surface area (Å²) in [5.41, 5.74) is 0. The van der Waals surface area contributed by atoms with Gasteiger partial charge in [0.2, 0.25) is 0 Å². The Morgan fingerprint density at radius 3 is 2.12 bits per heavy atom. The topological polar surface area (TPSA) is 29.5 Å². The predicted molar refractivity (Wildman–Crippen MR) is 74.2 cm³/mol. The number of hydrogen-bond donors (Lipinski definition) is 1. The number of aliphatic hydroxyl groups excluding tert-OH is 1. The zero-order valence-electron chi connectivity index (χ0n) is 11.7. The van der Waals surface area contributed by atoms with Gasteiger partial charge in [0.25, 0.3) is 0 Å². The van der Waals surface area contributed by atoms with Gasteiger partial charge in [-0.3, -0.25) is 0 Å². The van der Waals surface area contributed by atoms with Gasteiger partial charge >= 0.3 is 0 Å². The van der Waals surface area contributed by atoms with Crippen LogP contribution < -0.4 is 0 Å². The monoisotopic (exact) mass is 242 g/mol. The van der Waals surface area contributed by atoms with E-state index in [1.165, 1.54) is 51.2 Å². The van der Waals surface area contributed by atoms with E-state index in [0.29, 0.717) is 6.10 Å². The molecule has 0 aliphatic rings. The van der Waals surface area contributed by atoms with Gasteiger partial charge in [-0.15, -0.1) is 0 Å². The van der Waals surface area contributed by atoms with E-state index in [1.54, 1.807) is 0 Å². The van der Waals surface area contributed by atoms with Crippen LogP contribution >= 0.6 is 0 Å². The molecule has 0 radical (unpaired) electrons. The maximum absolute atomic E-state index is 8.57. The Bertz CT molecular complexity index is 166. The Balaban J connectivity index is 3.40. The van der Waals surface area contributed by atoms with Gasteiger partial charge in [-0.2, -0.15) is 0 Å². The van der Waals surface area contributed by atoms with E-state index in [9.17, 15) is 0 Å². The maximum Gasteiger partial charge on any atom is 0.117 e. The second-order valence-electron chi connectivity index (χ2n) is 4.74. The highest BCUT2D eigenvalue weighted by Crippen LogP contribution is 2.14. The molecule has 0 aliphatic heterocycles. The fourth-order valence-corrected chi connectivity index (χ4v) is 2.08. The van der Waals surface area contributed by atoms with Crippen molar-refractivity contribution in [2.45, 2.75) is 84.2 Å². The average molecular weight is 242 g/mol. The van der Waals surface area contributed by atoms with Crippen LogP contribution in [0.1, 0.15) is 78.1 Å². The normalized spacial score (nSPS) is 13.1. The number of hydrogen-bond acceptors (Lipinski definition) is 2. The van der Waals surface area contributed by atoms with Crippen molar-refractivity contribution < 1.29 is 9.84 Å². The fraction of sp³-hybridized carbons (Fsp3) is 0.867. The van der Waals surface area contributed by atoms with Crippen molar-refractivity contribution >= 4 is 0 Å². The summed E-state index contributed by atoms with van der Waals surface area (Å²) < 4.78 is 5.45. The summed E-state index contributed by atoms with van der Waals surface area (Å²) in [6, 6.07) is 0. The van der Waals surface area contributed by atoms with Crippen LogP contribution in [0.25, 0.3) is 0 Å². The van der Waals surface area contributed by atoms with E-state index >= 15 is 0 Å². The zero-order valence-corrected chi connectivity index (χ0v) is 11.7. The molecule has 0 amide bonds. The molecule has 102 valence electrons. The summed E-state index contributed by atoms with van der Waals surface area (Å²) in [6.45, 7) is 4.42. The van der Waals surface area contributed by atoms with Crippen LogP contribution in [-0.4, -0.2) is 11.2 Å². The van der Waals surface area contributed by atoms with Crippen LogP contribution in [0.15, 0.2) is 12.5 Å². The lowest BCUT2D eigenvalue weighted by molar-refractivity contribution is 0.118. The molecule has 0 bridgehead atoms. The number of aliphatic hydroxyl groups is 1. The van der Waals surface area contributed by atoms with Crippen molar-refractivity contribution in [3.05, 3.63) is 12.5 Å². The Hall–Kier alpha value is -0.660. The van der Waals surface area contributed by atoms with Crippen molar-refractivity contribution in [2.24, 2.45) is 0 Å². The molecular formula is C15H30O2. The van der Waals surface area contributed by atoms with Gasteiger partial charge in [0, 0.05) is 0 Å². The average Bonchev–Trinajstić information content (AvgIpc) is 2.34. The lowest BCUT2D eigenvalue weighted by Crippen LogP contribution is -2.09. The Morgan fingerprint density at radius 1 is 0.882 bits per heavy atom. The van der Waals surface area contributed by atoms with Crippen molar-refractivity contribution in [2.75, 3.05) is 0 Å². The molecule has 17 heavy (non-hydrogen) atoms. The van der Waals surface area contributed by atoms with Gasteiger partial charge in [0.1, 0.15) is 12.5 Å². The maximum atomic E-state index is 8.57. The summed E-state index contributed by atoms with van der Waals surface area (Å²) in [6.07, 6.45) is 15.4. The summed E-state index contributed by atoms with van der Waals surface area (Å²) in [5, 5.41) is 8.57. The van der Waals surface area contributed by atoms with Gasteiger partial charge in [-0.25, -0.2) is 0 Å². The zero-order chi connectivity index (χ0) is 12.8. The highest BCUT2D eigenvalue weighted by molar-refractivity contribution is 4.65. The molecule has 0 aromatic heterocycles. The molecule has 0 aromatic rings. The first kappa shape index (κ1) is 16.3. The van der Waals surface area contributed by atoms with Crippen LogP contribution in [0.2, 0.25) is 0 Å². The number of rotatable bonds is 12. The molecule has 1 unspecified atom stereocenters. The quantitative estimate of drug-likeness (QED) is 0.369. The Morgan fingerprint density at radius 2 is 1.53 bits per heavy atom. The molecule has 1 N–H and O–H groups in total. The third-order valence-electron chi connectivity index (χ3n) is 3.07. The summed E-state index contributed by atoms with van der Waals surface area (Å²) in [4.78, 5) is 0. The molecule has 0 aromatic carbocycles. The second-order valence-corrected chi connectivity index (χ2v) is 4.74. The molecule has 2 nitrogen and oxygen atoms in total. The first-order chi connectivity index (χ1) is 8.35. The standard InChI is InChI=1S/C15H30O2/c1-3-5-6-7-8-9-10-12-15(11-4-2)17-14-13-16/h13-16H,3-12H2,1-2H3. The first-order valence-electron chi connectivity index (χ1n) is 7.29. The SMILES string of the molecule is CCCCCCCCCC(CCC)OC=CO. The molecule has 0 fully saturated rings.